The standard InChI is InChI=1S/C21H15F2NO2/c22-19(23)21(12-15-7-3-4-8-17(15)18(21)25)20(26)24-16-10-9-13-5-1-2-6-14(13)11-16/h1-11,19H,12H2,(H,24,26). The molecule has 1 N–H and O–H groups in total. The quantitative estimate of drug-likeness (QED) is 0.708. The van der Waals surface area contributed by atoms with Crippen LogP contribution in [-0.4, -0.2) is 18.1 Å². The Bertz CT molecular complexity index is 1030. The largest absolute Gasteiger partial charge is 0.325 e. The highest BCUT2D eigenvalue weighted by molar-refractivity contribution is 6.20. The molecule has 3 aromatic carbocycles. The molecule has 130 valence electrons. The molecule has 0 aromatic heterocycles. The predicted octanol–water partition coefficient (Wildman–Crippen LogP) is 4.47. The van der Waals surface area contributed by atoms with Crippen LogP contribution in [0.4, 0.5) is 14.5 Å². The molecule has 1 aliphatic carbocycles. The number of benzene rings is 3. The molecule has 1 unspecified atom stereocenters. The summed E-state index contributed by atoms with van der Waals surface area (Å²) >= 11 is 0. The van der Waals surface area contributed by atoms with Crippen molar-refractivity contribution in [2.75, 3.05) is 5.32 Å². The van der Waals surface area contributed by atoms with Crippen molar-refractivity contribution in [3.63, 3.8) is 0 Å². The summed E-state index contributed by atoms with van der Waals surface area (Å²) in [7, 11) is 0. The fraction of sp³-hybridized carbons (Fsp3) is 0.143. The minimum absolute atomic E-state index is 0.196. The van der Waals surface area contributed by atoms with Gasteiger partial charge in [0.05, 0.1) is 0 Å². The molecule has 0 saturated heterocycles. The number of rotatable bonds is 3. The smallest absolute Gasteiger partial charge is 0.260 e. The van der Waals surface area contributed by atoms with E-state index >= 15 is 0 Å². The third kappa shape index (κ3) is 2.39. The van der Waals surface area contributed by atoms with Crippen LogP contribution in [0.3, 0.4) is 0 Å². The van der Waals surface area contributed by atoms with Gasteiger partial charge < -0.3 is 5.32 Å². The second-order valence-electron chi connectivity index (χ2n) is 6.45. The summed E-state index contributed by atoms with van der Waals surface area (Å²) in [6, 6.07) is 19.1. The van der Waals surface area contributed by atoms with Gasteiger partial charge in [-0.3, -0.25) is 9.59 Å². The third-order valence-electron chi connectivity index (χ3n) is 4.92. The highest BCUT2D eigenvalue weighted by atomic mass is 19.3. The normalized spacial score (nSPS) is 19.0. The van der Waals surface area contributed by atoms with Crippen molar-refractivity contribution in [2.45, 2.75) is 12.8 Å². The number of amides is 1. The summed E-state index contributed by atoms with van der Waals surface area (Å²) in [5, 5.41) is 4.37. The van der Waals surface area contributed by atoms with Crippen LogP contribution in [0.1, 0.15) is 15.9 Å². The minimum Gasteiger partial charge on any atom is -0.325 e. The predicted molar refractivity (Wildman–Crippen MR) is 95.5 cm³/mol. The maximum Gasteiger partial charge on any atom is 0.260 e. The Labute approximate surface area is 148 Å². The lowest BCUT2D eigenvalue weighted by Gasteiger charge is -2.25. The lowest BCUT2D eigenvalue weighted by molar-refractivity contribution is -0.130. The molecule has 4 rings (SSSR count). The number of halogens is 2. The van der Waals surface area contributed by atoms with Crippen LogP contribution in [0.15, 0.2) is 66.7 Å². The number of hydrogen-bond acceptors (Lipinski definition) is 2. The molecule has 0 heterocycles. The Morgan fingerprint density at radius 3 is 2.38 bits per heavy atom. The molecule has 0 saturated carbocycles. The zero-order valence-electron chi connectivity index (χ0n) is 13.7. The van der Waals surface area contributed by atoms with Crippen LogP contribution < -0.4 is 5.32 Å². The highest BCUT2D eigenvalue weighted by Crippen LogP contribution is 2.42. The van der Waals surface area contributed by atoms with Gasteiger partial charge in [0, 0.05) is 17.7 Å². The van der Waals surface area contributed by atoms with E-state index in [0.717, 1.165) is 10.8 Å². The number of carbonyl (C=O) groups is 2. The first kappa shape index (κ1) is 16.4. The van der Waals surface area contributed by atoms with Crippen LogP contribution >= 0.6 is 0 Å². The number of fused-ring (bicyclic) bond motifs is 2. The van der Waals surface area contributed by atoms with E-state index in [1.54, 1.807) is 36.4 Å². The monoisotopic (exact) mass is 351 g/mol. The second-order valence-corrected chi connectivity index (χ2v) is 6.45. The van der Waals surface area contributed by atoms with E-state index in [9.17, 15) is 18.4 Å². The molecule has 0 spiro atoms. The molecular formula is C21H15F2NO2. The minimum atomic E-state index is -3.09. The maximum atomic E-state index is 13.9. The topological polar surface area (TPSA) is 46.2 Å². The number of nitrogens with one attached hydrogen (secondary N) is 1. The summed E-state index contributed by atoms with van der Waals surface area (Å²) in [6.45, 7) is 0. The zero-order chi connectivity index (χ0) is 18.3. The number of hydrogen-bond donors (Lipinski definition) is 1. The maximum absolute atomic E-state index is 13.9. The van der Waals surface area contributed by atoms with Crippen molar-refractivity contribution < 1.29 is 18.4 Å². The van der Waals surface area contributed by atoms with Gasteiger partial charge in [-0.25, -0.2) is 8.78 Å². The van der Waals surface area contributed by atoms with E-state index in [4.69, 9.17) is 0 Å². The fourth-order valence-electron chi connectivity index (χ4n) is 3.49. The molecule has 0 aliphatic heterocycles. The summed E-state index contributed by atoms with van der Waals surface area (Å²) in [5.74, 6) is -1.79. The van der Waals surface area contributed by atoms with Gasteiger partial charge in [-0.2, -0.15) is 0 Å². The molecular weight excluding hydrogens is 336 g/mol. The average Bonchev–Trinajstić information content (AvgIpc) is 2.96. The highest BCUT2D eigenvalue weighted by Gasteiger charge is 2.58. The Hall–Kier alpha value is -3.08. The van der Waals surface area contributed by atoms with Crippen molar-refractivity contribution in [1.29, 1.82) is 0 Å². The van der Waals surface area contributed by atoms with Crippen LogP contribution in [0.5, 0.6) is 0 Å². The molecule has 0 fully saturated rings. The van der Waals surface area contributed by atoms with Gasteiger partial charge in [-0.15, -0.1) is 0 Å². The molecule has 1 amide bonds. The first-order valence-electron chi connectivity index (χ1n) is 8.23. The van der Waals surface area contributed by atoms with Gasteiger partial charge in [-0.1, -0.05) is 54.6 Å². The average molecular weight is 351 g/mol. The van der Waals surface area contributed by atoms with Crippen molar-refractivity contribution in [1.82, 2.24) is 0 Å². The van der Waals surface area contributed by atoms with E-state index < -0.39 is 23.5 Å². The molecule has 3 nitrogen and oxygen atoms in total. The molecule has 1 aliphatic rings. The molecule has 3 aromatic rings. The van der Waals surface area contributed by atoms with Gasteiger partial charge in [-0.05, 0) is 28.5 Å². The first-order chi connectivity index (χ1) is 12.5. The Morgan fingerprint density at radius 1 is 0.962 bits per heavy atom. The summed E-state index contributed by atoms with van der Waals surface area (Å²) in [5.41, 5.74) is -1.32. The van der Waals surface area contributed by atoms with Crippen molar-refractivity contribution in [2.24, 2.45) is 5.41 Å². The lowest BCUT2D eigenvalue weighted by Crippen LogP contribution is -2.47. The van der Waals surface area contributed by atoms with E-state index in [1.165, 1.54) is 6.07 Å². The number of carbonyl (C=O) groups excluding carboxylic acids is 2. The van der Waals surface area contributed by atoms with E-state index in [-0.39, 0.29) is 12.0 Å². The van der Waals surface area contributed by atoms with Crippen LogP contribution in [0.2, 0.25) is 0 Å². The molecule has 0 radical (unpaired) electrons. The Kier molecular flexibility index (Phi) is 3.80. The summed E-state index contributed by atoms with van der Waals surface area (Å²) in [6.07, 6.45) is -3.39. The number of alkyl halides is 2. The van der Waals surface area contributed by atoms with Crippen molar-refractivity contribution in [3.8, 4) is 0 Å². The zero-order valence-corrected chi connectivity index (χ0v) is 13.7. The van der Waals surface area contributed by atoms with Crippen molar-refractivity contribution >= 4 is 28.2 Å². The first-order valence-corrected chi connectivity index (χ1v) is 8.23. The summed E-state index contributed by atoms with van der Waals surface area (Å²) < 4.78 is 27.9. The SMILES string of the molecule is O=C(Nc1ccc2ccccc2c1)C1(C(F)F)Cc2ccccc2C1=O. The van der Waals surface area contributed by atoms with Gasteiger partial charge in [0.15, 0.2) is 11.2 Å². The van der Waals surface area contributed by atoms with Crippen molar-refractivity contribution in [3.05, 3.63) is 77.9 Å². The molecule has 5 heteroatoms. The van der Waals surface area contributed by atoms with Gasteiger partial charge >= 0.3 is 0 Å². The molecule has 1 atom stereocenters. The van der Waals surface area contributed by atoms with Crippen LogP contribution in [0, 0.1) is 5.41 Å². The van der Waals surface area contributed by atoms with Gasteiger partial charge in [0.1, 0.15) is 0 Å². The summed E-state index contributed by atoms with van der Waals surface area (Å²) in [4.78, 5) is 25.4. The van der Waals surface area contributed by atoms with E-state index in [0.29, 0.717) is 11.3 Å². The molecule has 26 heavy (non-hydrogen) atoms. The fourth-order valence-corrected chi connectivity index (χ4v) is 3.49. The molecule has 0 bridgehead atoms. The lowest BCUT2D eigenvalue weighted by atomic mass is 9.82. The number of Topliss-reactive ketones (excluding diaryl/α,β-unsaturated/α-hetero) is 1. The van der Waals surface area contributed by atoms with E-state index in [2.05, 4.69) is 5.32 Å². The van der Waals surface area contributed by atoms with E-state index in [1.807, 2.05) is 24.3 Å². The van der Waals surface area contributed by atoms with Gasteiger partial charge in [0.25, 0.3) is 6.43 Å². The number of ketones is 1. The van der Waals surface area contributed by atoms with Gasteiger partial charge in [0.2, 0.25) is 5.91 Å². The Morgan fingerprint density at radius 2 is 1.65 bits per heavy atom. The van der Waals surface area contributed by atoms with Crippen LogP contribution in [-0.2, 0) is 11.2 Å². The van der Waals surface area contributed by atoms with Crippen LogP contribution in [0.25, 0.3) is 10.8 Å². The Balaban J connectivity index is 1.69. The second kappa shape index (κ2) is 6.02. The third-order valence-corrected chi connectivity index (χ3v) is 4.92. The number of anilines is 1.